The van der Waals surface area contributed by atoms with E-state index in [0.29, 0.717) is 0 Å². The van der Waals surface area contributed by atoms with E-state index >= 15 is 0 Å². The molecule has 0 aliphatic heterocycles. The van der Waals surface area contributed by atoms with Gasteiger partial charge in [0, 0.05) is 55.1 Å². The number of pyridine rings is 2. The van der Waals surface area contributed by atoms with Crippen LogP contribution >= 0.6 is 0 Å². The molecule has 7 aromatic rings. The minimum atomic E-state index is 0. The first kappa shape index (κ1) is 24.1. The quantitative estimate of drug-likeness (QED) is 0.188. The van der Waals surface area contributed by atoms with Crippen LogP contribution in [-0.4, -0.2) is 14.5 Å². The fourth-order valence-electron chi connectivity index (χ4n) is 4.98. The summed E-state index contributed by atoms with van der Waals surface area (Å²) >= 11 is 0. The van der Waals surface area contributed by atoms with E-state index in [1.807, 2.05) is 54.7 Å². The second-order valence-electron chi connectivity index (χ2n) is 9.24. The first-order valence-corrected chi connectivity index (χ1v) is 12.3. The van der Waals surface area contributed by atoms with Crippen molar-refractivity contribution < 1.29 is 25.8 Å². The molecule has 4 nitrogen and oxygen atoms in total. The van der Waals surface area contributed by atoms with Gasteiger partial charge in [0.2, 0.25) is 0 Å². The van der Waals surface area contributed by atoms with Crippen LogP contribution in [0.2, 0.25) is 0 Å². The fourth-order valence-corrected chi connectivity index (χ4v) is 4.98. The summed E-state index contributed by atoms with van der Waals surface area (Å²) in [4.78, 5) is 9.52. The molecule has 3 heterocycles. The minimum absolute atomic E-state index is 0. The Morgan fingerprint density at radius 2 is 1.47 bits per heavy atom. The molecule has 0 unspecified atom stereocenters. The van der Waals surface area contributed by atoms with Crippen molar-refractivity contribution >= 4 is 32.7 Å². The van der Waals surface area contributed by atoms with Gasteiger partial charge in [-0.25, -0.2) is 9.97 Å². The molecule has 4 aromatic carbocycles. The zero-order valence-corrected chi connectivity index (χ0v) is 22.9. The van der Waals surface area contributed by atoms with Gasteiger partial charge in [-0.2, -0.15) is 0 Å². The third-order valence-electron chi connectivity index (χ3n) is 6.74. The van der Waals surface area contributed by atoms with E-state index in [1.54, 1.807) is 0 Å². The predicted octanol–water partition coefficient (Wildman–Crippen LogP) is 8.49. The third-order valence-corrected chi connectivity index (χ3v) is 6.74. The van der Waals surface area contributed by atoms with Crippen molar-refractivity contribution in [1.82, 2.24) is 14.5 Å². The first-order valence-electron chi connectivity index (χ1n) is 12.3. The number of fused-ring (bicyclic) bond motifs is 4. The Labute approximate surface area is 234 Å². The predicted molar refractivity (Wildman–Crippen MR) is 151 cm³/mol. The van der Waals surface area contributed by atoms with E-state index in [9.17, 15) is 0 Å². The summed E-state index contributed by atoms with van der Waals surface area (Å²) in [6.07, 6.45) is 1.86. The van der Waals surface area contributed by atoms with Gasteiger partial charge in [0.15, 0.2) is 0 Å². The fraction of sp³-hybridized carbons (Fsp3) is 0.0303. The molecule has 0 fully saturated rings. The van der Waals surface area contributed by atoms with Gasteiger partial charge in [-0.05, 0) is 67.1 Å². The molecule has 0 bridgehead atoms. The molecule has 0 aliphatic carbocycles. The number of ether oxygens (including phenoxy) is 1. The van der Waals surface area contributed by atoms with Crippen molar-refractivity contribution in [2.24, 2.45) is 0 Å². The van der Waals surface area contributed by atoms with E-state index in [0.717, 1.165) is 50.5 Å². The molecule has 0 saturated carbocycles. The average molecular weight is 673 g/mol. The molecular weight excluding hydrogens is 649 g/mol. The Morgan fingerprint density at radius 3 is 2.39 bits per heavy atom. The van der Waals surface area contributed by atoms with Crippen molar-refractivity contribution in [3.63, 3.8) is 0 Å². The molecule has 186 valence electrons. The van der Waals surface area contributed by atoms with E-state index in [2.05, 4.69) is 83.2 Å². The van der Waals surface area contributed by atoms with Crippen molar-refractivity contribution in [3.8, 4) is 28.6 Å². The second-order valence-corrected chi connectivity index (χ2v) is 9.24. The van der Waals surface area contributed by atoms with E-state index in [4.69, 9.17) is 9.72 Å². The summed E-state index contributed by atoms with van der Waals surface area (Å²) in [7, 11) is 0. The molecule has 0 atom stereocenters. The van der Waals surface area contributed by atoms with Crippen LogP contribution in [0.15, 0.2) is 121 Å². The van der Waals surface area contributed by atoms with Crippen molar-refractivity contribution in [2.45, 2.75) is 6.92 Å². The normalized spacial score (nSPS) is 11.1. The van der Waals surface area contributed by atoms with Crippen LogP contribution in [-0.2, 0) is 21.1 Å². The second kappa shape index (κ2) is 9.89. The number of hydrogen-bond donors (Lipinski definition) is 0. The Hall–Kier alpha value is -4.27. The van der Waals surface area contributed by atoms with Gasteiger partial charge >= 0.3 is 0 Å². The van der Waals surface area contributed by atoms with E-state index in [1.165, 1.54) is 16.3 Å². The number of para-hydroxylation sites is 2. The van der Waals surface area contributed by atoms with Crippen LogP contribution in [0.25, 0.3) is 49.8 Å². The maximum Gasteiger partial charge on any atom is 0.137 e. The van der Waals surface area contributed by atoms with Crippen molar-refractivity contribution in [1.29, 1.82) is 0 Å². The first-order chi connectivity index (χ1) is 18.2. The molecule has 7 rings (SSSR count). The molecule has 38 heavy (non-hydrogen) atoms. The number of aryl methyl sites for hydroxylation is 1. The Bertz CT molecular complexity index is 1940. The maximum atomic E-state index is 6.39. The van der Waals surface area contributed by atoms with E-state index < -0.39 is 0 Å². The van der Waals surface area contributed by atoms with Gasteiger partial charge in [0.25, 0.3) is 0 Å². The molecule has 0 aliphatic rings. The smallest absolute Gasteiger partial charge is 0.137 e. The minimum Gasteiger partial charge on any atom is -0.457 e. The van der Waals surface area contributed by atoms with Crippen LogP contribution in [0.3, 0.4) is 0 Å². The molecule has 3 aromatic heterocycles. The summed E-state index contributed by atoms with van der Waals surface area (Å²) in [6, 6.07) is 39.2. The topological polar surface area (TPSA) is 39.9 Å². The van der Waals surface area contributed by atoms with Gasteiger partial charge in [-0.1, -0.05) is 54.6 Å². The third kappa shape index (κ3) is 4.27. The van der Waals surface area contributed by atoms with Crippen molar-refractivity contribution in [3.05, 3.63) is 127 Å². The molecule has 0 amide bonds. The zero-order chi connectivity index (χ0) is 24.8. The van der Waals surface area contributed by atoms with Crippen molar-refractivity contribution in [2.75, 3.05) is 0 Å². The zero-order valence-electron chi connectivity index (χ0n) is 20.6. The van der Waals surface area contributed by atoms with Gasteiger partial charge in [-0.15, -0.1) is 0 Å². The van der Waals surface area contributed by atoms with Gasteiger partial charge in [-0.3, -0.25) is 4.57 Å². The van der Waals surface area contributed by atoms with E-state index in [-0.39, 0.29) is 21.1 Å². The number of rotatable bonds is 4. The Morgan fingerprint density at radius 1 is 0.658 bits per heavy atom. The summed E-state index contributed by atoms with van der Waals surface area (Å²) in [6.45, 7) is 2.09. The van der Waals surface area contributed by atoms with Crippen LogP contribution in [0.5, 0.6) is 11.5 Å². The van der Waals surface area contributed by atoms with Gasteiger partial charge in [0.05, 0.1) is 22.2 Å². The maximum absolute atomic E-state index is 6.39. The Kier molecular flexibility index (Phi) is 6.27. The summed E-state index contributed by atoms with van der Waals surface area (Å²) in [5.74, 6) is 2.43. The molecular formula is C33H23N3OPt. The molecule has 0 spiro atoms. The van der Waals surface area contributed by atoms with Gasteiger partial charge in [0.1, 0.15) is 17.3 Å². The monoisotopic (exact) mass is 672 g/mol. The summed E-state index contributed by atoms with van der Waals surface area (Å²) < 4.78 is 8.59. The summed E-state index contributed by atoms with van der Waals surface area (Å²) in [5, 5.41) is 3.49. The SMILES string of the molecule is Cc1ccnc(-n2c3ccccc3c3ccc(Oc4cccc(-c5ccc6ccccc6n5)c4)cc32)c1.[Pt]. The molecule has 0 N–H and O–H groups in total. The number of nitrogens with zero attached hydrogens (tertiary/aromatic N) is 3. The standard InChI is InChI=1S/C33H23N3O.Pt/c1-22-17-18-34-33(19-22)36-31-12-5-3-10-27(31)28-15-14-26(21-32(28)36)37-25-9-6-8-24(20-25)30-16-13-23-7-2-4-11-29(23)35-30;/h2-21H,1H3;. The number of aromatic nitrogens is 3. The Balaban J connectivity index is 0.00000264. The van der Waals surface area contributed by atoms with Crippen LogP contribution in [0.4, 0.5) is 0 Å². The molecule has 0 radical (unpaired) electrons. The largest absolute Gasteiger partial charge is 0.457 e. The molecule has 5 heteroatoms. The van der Waals surface area contributed by atoms with Crippen LogP contribution in [0.1, 0.15) is 5.56 Å². The average Bonchev–Trinajstić information content (AvgIpc) is 3.26. The number of hydrogen-bond acceptors (Lipinski definition) is 3. The van der Waals surface area contributed by atoms with Crippen LogP contribution < -0.4 is 4.74 Å². The summed E-state index contributed by atoms with van der Waals surface area (Å²) in [5.41, 5.74) is 6.27. The number of benzene rings is 4. The molecule has 0 saturated heterocycles. The van der Waals surface area contributed by atoms with Crippen LogP contribution in [0, 0.1) is 6.92 Å². The van der Waals surface area contributed by atoms with Gasteiger partial charge < -0.3 is 4.74 Å².